The Morgan fingerprint density at radius 2 is 1.85 bits per heavy atom. The minimum absolute atomic E-state index is 0.172. The molecule has 0 saturated carbocycles. The Bertz CT molecular complexity index is 891. The van der Waals surface area contributed by atoms with E-state index in [9.17, 15) is 9.59 Å². The summed E-state index contributed by atoms with van der Waals surface area (Å²) in [5.74, 6) is 0.666. The second-order valence-electron chi connectivity index (χ2n) is 6.98. The van der Waals surface area contributed by atoms with Crippen LogP contribution in [0.3, 0.4) is 0 Å². The molecule has 6 nitrogen and oxygen atoms in total. The highest BCUT2D eigenvalue weighted by molar-refractivity contribution is 6.15. The fourth-order valence-electron chi connectivity index (χ4n) is 3.25. The molecule has 2 aliphatic heterocycles. The van der Waals surface area contributed by atoms with Crippen LogP contribution in [0.4, 0.5) is 11.4 Å². The van der Waals surface area contributed by atoms with Gasteiger partial charge < -0.3 is 19.7 Å². The van der Waals surface area contributed by atoms with E-state index >= 15 is 0 Å². The van der Waals surface area contributed by atoms with E-state index < -0.39 is 5.41 Å². The lowest BCUT2D eigenvalue weighted by molar-refractivity contribution is -0.136. The summed E-state index contributed by atoms with van der Waals surface area (Å²) < 4.78 is 10.6. The molecule has 0 atom stereocenters. The van der Waals surface area contributed by atoms with Crippen molar-refractivity contribution in [2.24, 2.45) is 5.41 Å². The molecule has 26 heavy (non-hydrogen) atoms. The molecule has 2 aromatic rings. The lowest BCUT2D eigenvalue weighted by Crippen LogP contribution is -2.47. The topological polar surface area (TPSA) is 67.9 Å². The minimum Gasteiger partial charge on any atom is -0.454 e. The molecule has 0 fully saturated rings. The first-order chi connectivity index (χ1) is 12.5. The zero-order chi connectivity index (χ0) is 18.3. The highest BCUT2D eigenvalue weighted by Gasteiger charge is 2.41. The highest BCUT2D eigenvalue weighted by atomic mass is 16.7. The van der Waals surface area contributed by atoms with E-state index in [0.29, 0.717) is 23.7 Å². The van der Waals surface area contributed by atoms with E-state index in [1.165, 1.54) is 0 Å². The van der Waals surface area contributed by atoms with Crippen molar-refractivity contribution in [1.82, 2.24) is 0 Å². The molecule has 0 spiro atoms. The van der Waals surface area contributed by atoms with E-state index in [-0.39, 0.29) is 18.6 Å². The number of fused-ring (bicyclic) bond motifs is 2. The SMILES string of the molecule is CC(C)(C(=O)Nc1ccc2c(c1)OCO2)C(=O)N1CCc2ccccc21. The average molecular weight is 352 g/mol. The van der Waals surface area contributed by atoms with Crippen molar-refractivity contribution >= 4 is 23.2 Å². The Hall–Kier alpha value is -3.02. The van der Waals surface area contributed by atoms with Crippen LogP contribution >= 0.6 is 0 Å². The van der Waals surface area contributed by atoms with Crippen molar-refractivity contribution in [3.63, 3.8) is 0 Å². The summed E-state index contributed by atoms with van der Waals surface area (Å²) in [4.78, 5) is 27.6. The lowest BCUT2D eigenvalue weighted by atomic mass is 9.90. The van der Waals surface area contributed by atoms with Gasteiger partial charge in [-0.1, -0.05) is 18.2 Å². The van der Waals surface area contributed by atoms with Crippen molar-refractivity contribution in [1.29, 1.82) is 0 Å². The number of nitrogens with zero attached hydrogens (tertiary/aromatic N) is 1. The maximum Gasteiger partial charge on any atom is 0.242 e. The van der Waals surface area contributed by atoms with Gasteiger partial charge in [0.1, 0.15) is 5.41 Å². The van der Waals surface area contributed by atoms with E-state index in [1.807, 2.05) is 24.3 Å². The monoisotopic (exact) mass is 352 g/mol. The maximum atomic E-state index is 13.1. The zero-order valence-electron chi connectivity index (χ0n) is 14.7. The summed E-state index contributed by atoms with van der Waals surface area (Å²) in [7, 11) is 0. The Labute approximate surface area is 151 Å². The van der Waals surface area contributed by atoms with Crippen LogP contribution in [0.5, 0.6) is 11.5 Å². The Morgan fingerprint density at radius 1 is 1.08 bits per heavy atom. The predicted octanol–water partition coefficient (Wildman–Crippen LogP) is 2.97. The number of hydrogen-bond acceptors (Lipinski definition) is 4. The smallest absolute Gasteiger partial charge is 0.242 e. The summed E-state index contributed by atoms with van der Waals surface area (Å²) >= 11 is 0. The number of para-hydroxylation sites is 1. The number of amides is 2. The van der Waals surface area contributed by atoms with Gasteiger partial charge in [-0.25, -0.2) is 0 Å². The number of carbonyl (C=O) groups excluding carboxylic acids is 2. The molecule has 2 amide bonds. The molecule has 2 aromatic carbocycles. The number of benzene rings is 2. The van der Waals surface area contributed by atoms with Gasteiger partial charge in [0.05, 0.1) is 0 Å². The van der Waals surface area contributed by atoms with Gasteiger partial charge in [0.25, 0.3) is 0 Å². The molecule has 0 aliphatic carbocycles. The molecule has 6 heteroatoms. The highest BCUT2D eigenvalue weighted by Crippen LogP contribution is 2.36. The number of carbonyl (C=O) groups is 2. The average Bonchev–Trinajstić information content (AvgIpc) is 3.27. The van der Waals surface area contributed by atoms with Crippen molar-refractivity contribution < 1.29 is 19.1 Å². The van der Waals surface area contributed by atoms with Crippen LogP contribution in [-0.2, 0) is 16.0 Å². The van der Waals surface area contributed by atoms with E-state index in [0.717, 1.165) is 17.7 Å². The van der Waals surface area contributed by atoms with Crippen LogP contribution in [0.2, 0.25) is 0 Å². The maximum absolute atomic E-state index is 13.1. The van der Waals surface area contributed by atoms with Gasteiger partial charge in [-0.15, -0.1) is 0 Å². The molecule has 0 unspecified atom stereocenters. The Balaban J connectivity index is 1.52. The zero-order valence-corrected chi connectivity index (χ0v) is 14.7. The summed E-state index contributed by atoms with van der Waals surface area (Å²) in [5, 5.41) is 2.82. The van der Waals surface area contributed by atoms with Gasteiger partial charge in [-0.3, -0.25) is 9.59 Å². The van der Waals surface area contributed by atoms with Gasteiger partial charge in [0.15, 0.2) is 11.5 Å². The standard InChI is InChI=1S/C20H20N2O4/c1-20(2,19(24)22-10-9-13-5-3-4-6-15(13)22)18(23)21-14-7-8-16-17(11-14)26-12-25-16/h3-8,11H,9-10,12H2,1-2H3,(H,21,23). The molecule has 1 N–H and O–H groups in total. The molecule has 0 radical (unpaired) electrons. The largest absolute Gasteiger partial charge is 0.454 e. The molecule has 4 rings (SSSR count). The van der Waals surface area contributed by atoms with Crippen molar-refractivity contribution in [2.45, 2.75) is 20.3 Å². The second-order valence-corrected chi connectivity index (χ2v) is 6.98. The van der Waals surface area contributed by atoms with Gasteiger partial charge in [-0.05, 0) is 44.0 Å². The van der Waals surface area contributed by atoms with Gasteiger partial charge in [0.2, 0.25) is 18.6 Å². The molecule has 0 bridgehead atoms. The predicted molar refractivity (Wildman–Crippen MR) is 97.5 cm³/mol. The van der Waals surface area contributed by atoms with E-state index in [1.54, 1.807) is 36.9 Å². The number of ether oxygens (including phenoxy) is 2. The van der Waals surface area contributed by atoms with Gasteiger partial charge >= 0.3 is 0 Å². The lowest BCUT2D eigenvalue weighted by Gasteiger charge is -2.28. The molecular weight excluding hydrogens is 332 g/mol. The second kappa shape index (κ2) is 6.05. The quantitative estimate of drug-likeness (QED) is 0.863. The number of hydrogen-bond donors (Lipinski definition) is 1. The van der Waals surface area contributed by atoms with Crippen LogP contribution in [0.15, 0.2) is 42.5 Å². The van der Waals surface area contributed by atoms with Gasteiger partial charge in [-0.2, -0.15) is 0 Å². The first-order valence-electron chi connectivity index (χ1n) is 8.58. The summed E-state index contributed by atoms with van der Waals surface area (Å²) in [6.45, 7) is 4.07. The van der Waals surface area contributed by atoms with E-state index in [2.05, 4.69) is 5.32 Å². The first-order valence-corrected chi connectivity index (χ1v) is 8.58. The molecular formula is C20H20N2O4. The molecule has 0 saturated heterocycles. The number of nitrogens with one attached hydrogen (secondary N) is 1. The third-order valence-electron chi connectivity index (χ3n) is 4.87. The molecule has 2 heterocycles. The summed E-state index contributed by atoms with van der Waals surface area (Å²) in [6.07, 6.45) is 0.807. The van der Waals surface area contributed by atoms with Crippen molar-refractivity contribution in [2.75, 3.05) is 23.6 Å². The fourth-order valence-corrected chi connectivity index (χ4v) is 3.25. The molecule has 2 aliphatic rings. The number of anilines is 2. The molecule has 134 valence electrons. The fraction of sp³-hybridized carbons (Fsp3) is 0.300. The van der Waals surface area contributed by atoms with Crippen LogP contribution in [0, 0.1) is 5.41 Å². The van der Waals surface area contributed by atoms with E-state index in [4.69, 9.17) is 9.47 Å². The summed E-state index contributed by atoms with van der Waals surface area (Å²) in [6, 6.07) is 13.0. The summed E-state index contributed by atoms with van der Waals surface area (Å²) in [5.41, 5.74) is 1.39. The normalized spacial score (nSPS) is 14.9. The third kappa shape index (κ3) is 2.67. The van der Waals surface area contributed by atoms with Crippen molar-refractivity contribution in [3.8, 4) is 11.5 Å². The Kier molecular flexibility index (Phi) is 3.83. The molecule has 0 aromatic heterocycles. The number of rotatable bonds is 3. The third-order valence-corrected chi connectivity index (χ3v) is 4.87. The Morgan fingerprint density at radius 3 is 2.69 bits per heavy atom. The van der Waals surface area contributed by atoms with Gasteiger partial charge in [0, 0.05) is 24.0 Å². The van der Waals surface area contributed by atoms with Crippen LogP contribution in [0.25, 0.3) is 0 Å². The van der Waals surface area contributed by atoms with Crippen LogP contribution in [-0.4, -0.2) is 25.2 Å². The first kappa shape index (κ1) is 16.4. The van der Waals surface area contributed by atoms with Crippen molar-refractivity contribution in [3.05, 3.63) is 48.0 Å². The minimum atomic E-state index is -1.20. The van der Waals surface area contributed by atoms with Crippen LogP contribution in [0.1, 0.15) is 19.4 Å². The van der Waals surface area contributed by atoms with Crippen LogP contribution < -0.4 is 19.7 Å².